The van der Waals surface area contributed by atoms with E-state index in [1.165, 1.54) is 31.4 Å². The van der Waals surface area contributed by atoms with E-state index in [9.17, 15) is 0 Å². The van der Waals surface area contributed by atoms with E-state index in [0.29, 0.717) is 10.8 Å². The summed E-state index contributed by atoms with van der Waals surface area (Å²) in [6, 6.07) is 2.10. The van der Waals surface area contributed by atoms with Gasteiger partial charge in [-0.3, -0.25) is 4.68 Å². The number of rotatable bonds is 5. The number of nitrogens with zero attached hydrogens (tertiary/aromatic N) is 2. The molecule has 0 bridgehead atoms. The van der Waals surface area contributed by atoms with Crippen molar-refractivity contribution in [3.8, 4) is 0 Å². The van der Waals surface area contributed by atoms with E-state index in [4.69, 9.17) is 4.74 Å². The van der Waals surface area contributed by atoms with Crippen LogP contribution >= 0.6 is 0 Å². The molecule has 2 rings (SSSR count). The molecule has 1 atom stereocenters. The lowest BCUT2D eigenvalue weighted by Gasteiger charge is -2.45. The standard InChI is InChI=1S/C16H28N2O/c1-14-6-10-17-18(14)13-16(9-11-19-4)8-5-7-15(2,3)12-16/h6,10H,5,7-9,11-13H2,1-4H3. The zero-order valence-corrected chi connectivity index (χ0v) is 12.9. The predicted molar refractivity (Wildman–Crippen MR) is 78.1 cm³/mol. The largest absolute Gasteiger partial charge is 0.385 e. The van der Waals surface area contributed by atoms with Gasteiger partial charge in [-0.1, -0.05) is 20.3 Å². The van der Waals surface area contributed by atoms with Crippen LogP contribution in [0.15, 0.2) is 12.3 Å². The fourth-order valence-electron chi connectivity index (χ4n) is 3.76. The first-order valence-electron chi connectivity index (χ1n) is 7.44. The highest BCUT2D eigenvalue weighted by molar-refractivity contribution is 4.99. The first-order chi connectivity index (χ1) is 8.96. The molecule has 0 radical (unpaired) electrons. The summed E-state index contributed by atoms with van der Waals surface area (Å²) < 4.78 is 7.54. The van der Waals surface area contributed by atoms with Gasteiger partial charge < -0.3 is 4.74 Å². The van der Waals surface area contributed by atoms with Gasteiger partial charge in [-0.15, -0.1) is 0 Å². The maximum Gasteiger partial charge on any atom is 0.0492 e. The topological polar surface area (TPSA) is 27.1 Å². The van der Waals surface area contributed by atoms with E-state index < -0.39 is 0 Å². The highest BCUT2D eigenvalue weighted by Crippen LogP contribution is 2.49. The molecule has 1 unspecified atom stereocenters. The van der Waals surface area contributed by atoms with E-state index in [1.54, 1.807) is 7.11 Å². The van der Waals surface area contributed by atoms with E-state index in [1.807, 2.05) is 6.20 Å². The van der Waals surface area contributed by atoms with E-state index >= 15 is 0 Å². The molecule has 1 aliphatic carbocycles. The summed E-state index contributed by atoms with van der Waals surface area (Å²) in [4.78, 5) is 0. The molecule has 0 N–H and O–H groups in total. The van der Waals surface area contributed by atoms with Crippen LogP contribution in [0.4, 0.5) is 0 Å². The van der Waals surface area contributed by atoms with Crippen molar-refractivity contribution in [3.63, 3.8) is 0 Å². The Morgan fingerprint density at radius 3 is 2.74 bits per heavy atom. The molecule has 1 aliphatic rings. The fraction of sp³-hybridized carbons (Fsp3) is 0.812. The molecule has 0 aromatic carbocycles. The molecule has 0 amide bonds. The molecule has 1 aromatic heterocycles. The Kier molecular flexibility index (Phi) is 4.34. The van der Waals surface area contributed by atoms with Crippen LogP contribution < -0.4 is 0 Å². The molecule has 1 aromatic rings. The Morgan fingerprint density at radius 1 is 1.37 bits per heavy atom. The average molecular weight is 264 g/mol. The summed E-state index contributed by atoms with van der Waals surface area (Å²) in [5, 5.41) is 4.49. The summed E-state index contributed by atoms with van der Waals surface area (Å²) in [7, 11) is 1.81. The van der Waals surface area contributed by atoms with E-state index in [2.05, 4.69) is 36.6 Å². The van der Waals surface area contributed by atoms with Gasteiger partial charge in [0.05, 0.1) is 0 Å². The molecular formula is C16H28N2O. The highest BCUT2D eigenvalue weighted by Gasteiger charge is 2.40. The van der Waals surface area contributed by atoms with Gasteiger partial charge in [0.1, 0.15) is 0 Å². The highest BCUT2D eigenvalue weighted by atomic mass is 16.5. The molecule has 1 saturated carbocycles. The van der Waals surface area contributed by atoms with Crippen LogP contribution in [-0.2, 0) is 11.3 Å². The number of methoxy groups -OCH3 is 1. The van der Waals surface area contributed by atoms with Crippen molar-refractivity contribution < 1.29 is 4.74 Å². The van der Waals surface area contributed by atoms with Crippen LogP contribution in [0, 0.1) is 17.8 Å². The lowest BCUT2D eigenvalue weighted by molar-refractivity contribution is 0.0295. The molecule has 3 heteroatoms. The summed E-state index contributed by atoms with van der Waals surface area (Å²) in [6.45, 7) is 8.85. The van der Waals surface area contributed by atoms with Crippen LogP contribution in [0.1, 0.15) is 51.6 Å². The molecule has 108 valence electrons. The third-order valence-electron chi connectivity index (χ3n) is 4.66. The Morgan fingerprint density at radius 2 is 2.16 bits per heavy atom. The van der Waals surface area contributed by atoms with Gasteiger partial charge in [-0.25, -0.2) is 0 Å². The number of aromatic nitrogens is 2. The van der Waals surface area contributed by atoms with Crippen LogP contribution in [0.25, 0.3) is 0 Å². The summed E-state index contributed by atoms with van der Waals surface area (Å²) in [6.07, 6.45) is 8.32. The van der Waals surface area contributed by atoms with E-state index in [0.717, 1.165) is 19.6 Å². The minimum atomic E-state index is 0.356. The molecular weight excluding hydrogens is 236 g/mol. The summed E-state index contributed by atoms with van der Waals surface area (Å²) in [5.41, 5.74) is 2.07. The SMILES string of the molecule is COCCC1(Cn2nccc2C)CCCC(C)(C)C1. The predicted octanol–water partition coefficient (Wildman–Crippen LogP) is 3.81. The van der Waals surface area contributed by atoms with Gasteiger partial charge in [0.25, 0.3) is 0 Å². The van der Waals surface area contributed by atoms with E-state index in [-0.39, 0.29) is 0 Å². The molecule has 0 aliphatic heterocycles. The van der Waals surface area contributed by atoms with Crippen LogP contribution in [0.3, 0.4) is 0 Å². The van der Waals surface area contributed by atoms with Crippen LogP contribution in [0.2, 0.25) is 0 Å². The first-order valence-corrected chi connectivity index (χ1v) is 7.44. The smallest absolute Gasteiger partial charge is 0.0492 e. The zero-order chi connectivity index (χ0) is 13.9. The first kappa shape index (κ1) is 14.6. The van der Waals surface area contributed by atoms with Crippen molar-refractivity contribution >= 4 is 0 Å². The van der Waals surface area contributed by atoms with Crippen LogP contribution in [-0.4, -0.2) is 23.5 Å². The lowest BCUT2D eigenvalue weighted by Crippen LogP contribution is -2.38. The van der Waals surface area contributed by atoms with Crippen molar-refractivity contribution in [1.82, 2.24) is 9.78 Å². The second-order valence-electron chi connectivity index (χ2n) is 7.07. The normalized spacial score (nSPS) is 26.5. The Hall–Kier alpha value is -0.830. The maximum atomic E-state index is 5.36. The Labute approximate surface area is 117 Å². The van der Waals surface area contributed by atoms with Gasteiger partial charge in [0, 0.05) is 32.2 Å². The third-order valence-corrected chi connectivity index (χ3v) is 4.66. The molecule has 1 fully saturated rings. The van der Waals surface area contributed by atoms with Crippen molar-refractivity contribution in [2.45, 2.75) is 59.4 Å². The Bertz CT molecular complexity index is 411. The fourth-order valence-corrected chi connectivity index (χ4v) is 3.76. The van der Waals surface area contributed by atoms with Gasteiger partial charge >= 0.3 is 0 Å². The monoisotopic (exact) mass is 264 g/mol. The second-order valence-corrected chi connectivity index (χ2v) is 7.07. The van der Waals surface area contributed by atoms with Crippen molar-refractivity contribution in [3.05, 3.63) is 18.0 Å². The molecule has 3 nitrogen and oxygen atoms in total. The zero-order valence-electron chi connectivity index (χ0n) is 12.9. The van der Waals surface area contributed by atoms with Gasteiger partial charge in [-0.2, -0.15) is 5.10 Å². The second kappa shape index (κ2) is 5.66. The molecule has 19 heavy (non-hydrogen) atoms. The van der Waals surface area contributed by atoms with Gasteiger partial charge in [0.15, 0.2) is 0 Å². The molecule has 0 saturated heterocycles. The van der Waals surface area contributed by atoms with Crippen molar-refractivity contribution in [2.75, 3.05) is 13.7 Å². The minimum Gasteiger partial charge on any atom is -0.385 e. The summed E-state index contributed by atoms with van der Waals surface area (Å²) in [5.74, 6) is 0. The van der Waals surface area contributed by atoms with Gasteiger partial charge in [0.2, 0.25) is 0 Å². The minimum absolute atomic E-state index is 0.356. The maximum absolute atomic E-state index is 5.36. The summed E-state index contributed by atoms with van der Waals surface area (Å²) >= 11 is 0. The number of ether oxygens (including phenoxy) is 1. The average Bonchev–Trinajstić information content (AvgIpc) is 2.71. The number of hydrogen-bond acceptors (Lipinski definition) is 2. The van der Waals surface area contributed by atoms with Crippen molar-refractivity contribution in [2.24, 2.45) is 10.8 Å². The lowest BCUT2D eigenvalue weighted by atomic mass is 9.62. The third kappa shape index (κ3) is 3.59. The van der Waals surface area contributed by atoms with Crippen LogP contribution in [0.5, 0.6) is 0 Å². The molecule has 0 spiro atoms. The molecule has 1 heterocycles. The van der Waals surface area contributed by atoms with Gasteiger partial charge in [-0.05, 0) is 49.5 Å². The quantitative estimate of drug-likeness (QED) is 0.808. The number of aryl methyl sites for hydroxylation is 1. The Balaban J connectivity index is 2.17. The van der Waals surface area contributed by atoms with Crippen molar-refractivity contribution in [1.29, 1.82) is 0 Å². The number of hydrogen-bond donors (Lipinski definition) is 0.